The molecule has 140 valence electrons. The molecular weight excluding hydrogens is 330 g/mol. The standard InChI is InChI=1S/C16H25N3O6/c1-24-15(22)11-7-13(20)18(9-11)5-3-17-4-6-19-10-12(8-14(19)21)16(23)25-2/h11-12,17H,3-10H2,1-2H3. The molecule has 2 atom stereocenters. The number of esters is 2. The molecule has 2 heterocycles. The Morgan fingerprint density at radius 1 is 0.920 bits per heavy atom. The fourth-order valence-corrected chi connectivity index (χ4v) is 3.18. The maximum absolute atomic E-state index is 11.8. The van der Waals surface area contributed by atoms with Gasteiger partial charge in [0.25, 0.3) is 0 Å². The summed E-state index contributed by atoms with van der Waals surface area (Å²) in [6.07, 6.45) is 0.397. The van der Waals surface area contributed by atoms with Gasteiger partial charge in [0.1, 0.15) is 0 Å². The number of nitrogens with one attached hydrogen (secondary N) is 1. The first kappa shape index (κ1) is 19.2. The van der Waals surface area contributed by atoms with Gasteiger partial charge in [-0.2, -0.15) is 0 Å². The maximum Gasteiger partial charge on any atom is 0.310 e. The van der Waals surface area contributed by atoms with Crippen molar-refractivity contribution < 1.29 is 28.7 Å². The summed E-state index contributed by atoms with van der Waals surface area (Å²) in [7, 11) is 2.64. The molecule has 9 nitrogen and oxygen atoms in total. The third kappa shape index (κ3) is 4.91. The Morgan fingerprint density at radius 3 is 1.68 bits per heavy atom. The third-order valence-corrected chi connectivity index (χ3v) is 4.62. The molecule has 1 N–H and O–H groups in total. The molecule has 2 aliphatic rings. The molecule has 2 unspecified atom stereocenters. The van der Waals surface area contributed by atoms with E-state index in [1.54, 1.807) is 9.80 Å². The second-order valence-corrected chi connectivity index (χ2v) is 6.28. The first-order chi connectivity index (χ1) is 12.0. The summed E-state index contributed by atoms with van der Waals surface area (Å²) in [6, 6.07) is 0. The molecule has 0 spiro atoms. The molecule has 0 saturated carbocycles. The lowest BCUT2D eigenvalue weighted by molar-refractivity contribution is -0.145. The molecule has 2 fully saturated rings. The average Bonchev–Trinajstić information content (AvgIpc) is 3.16. The normalized spacial score (nSPS) is 23.3. The van der Waals surface area contributed by atoms with Crippen LogP contribution in [0, 0.1) is 11.8 Å². The summed E-state index contributed by atoms with van der Waals surface area (Å²) < 4.78 is 9.34. The van der Waals surface area contributed by atoms with Crippen molar-refractivity contribution in [2.24, 2.45) is 11.8 Å². The Morgan fingerprint density at radius 2 is 1.32 bits per heavy atom. The van der Waals surface area contributed by atoms with Crippen LogP contribution in [0.15, 0.2) is 0 Å². The Balaban J connectivity index is 1.62. The molecule has 0 aromatic heterocycles. The van der Waals surface area contributed by atoms with Crippen LogP contribution in [0.25, 0.3) is 0 Å². The summed E-state index contributed by atoms with van der Waals surface area (Å²) in [6.45, 7) is 2.93. The van der Waals surface area contributed by atoms with Crippen LogP contribution in [0.1, 0.15) is 12.8 Å². The largest absolute Gasteiger partial charge is 0.469 e. The van der Waals surface area contributed by atoms with E-state index in [1.807, 2.05) is 0 Å². The number of hydrogen-bond acceptors (Lipinski definition) is 7. The molecule has 9 heteroatoms. The highest BCUT2D eigenvalue weighted by Crippen LogP contribution is 2.19. The molecule has 0 bridgehead atoms. The highest BCUT2D eigenvalue weighted by molar-refractivity contribution is 5.87. The van der Waals surface area contributed by atoms with E-state index in [4.69, 9.17) is 0 Å². The zero-order chi connectivity index (χ0) is 18.4. The van der Waals surface area contributed by atoms with Crippen LogP contribution in [-0.2, 0) is 28.7 Å². The minimum Gasteiger partial charge on any atom is -0.469 e. The minimum atomic E-state index is -0.380. The number of carbonyl (C=O) groups excluding carboxylic acids is 4. The van der Waals surface area contributed by atoms with Crippen molar-refractivity contribution in [3.05, 3.63) is 0 Å². The molecular formula is C16H25N3O6. The van der Waals surface area contributed by atoms with Gasteiger partial charge >= 0.3 is 11.9 Å². The lowest BCUT2D eigenvalue weighted by Crippen LogP contribution is -2.38. The predicted octanol–water partition coefficient (Wildman–Crippen LogP) is -1.38. The lowest BCUT2D eigenvalue weighted by atomic mass is 10.1. The minimum absolute atomic E-state index is 0.0483. The number of carbonyl (C=O) groups is 4. The molecule has 0 aromatic carbocycles. The monoisotopic (exact) mass is 355 g/mol. The summed E-state index contributed by atoms with van der Waals surface area (Å²) in [5.74, 6) is -1.56. The SMILES string of the molecule is COC(=O)C1CC(=O)N(CCNCCN2CC(C(=O)OC)CC2=O)C1. The first-order valence-corrected chi connectivity index (χ1v) is 8.38. The summed E-state index contributed by atoms with van der Waals surface area (Å²) in [5.41, 5.74) is 0. The van der Waals surface area contributed by atoms with Crippen molar-refractivity contribution in [3.8, 4) is 0 Å². The highest BCUT2D eigenvalue weighted by Gasteiger charge is 2.35. The van der Waals surface area contributed by atoms with Crippen LogP contribution < -0.4 is 5.32 Å². The zero-order valence-corrected chi connectivity index (χ0v) is 14.7. The lowest BCUT2D eigenvalue weighted by Gasteiger charge is -2.19. The molecule has 2 aliphatic heterocycles. The van der Waals surface area contributed by atoms with Crippen molar-refractivity contribution in [2.75, 3.05) is 53.5 Å². The quantitative estimate of drug-likeness (QED) is 0.422. The number of likely N-dealkylation sites (tertiary alicyclic amines) is 2. The predicted molar refractivity (Wildman–Crippen MR) is 86.3 cm³/mol. The Bertz CT molecular complexity index is 492. The van der Waals surface area contributed by atoms with E-state index < -0.39 is 0 Å². The molecule has 25 heavy (non-hydrogen) atoms. The van der Waals surface area contributed by atoms with Crippen molar-refractivity contribution in [1.29, 1.82) is 0 Å². The van der Waals surface area contributed by atoms with Crippen molar-refractivity contribution in [3.63, 3.8) is 0 Å². The summed E-state index contributed by atoms with van der Waals surface area (Å²) in [5, 5.41) is 3.18. The fraction of sp³-hybridized carbons (Fsp3) is 0.750. The number of ether oxygens (including phenoxy) is 2. The zero-order valence-electron chi connectivity index (χ0n) is 14.7. The Hall–Kier alpha value is -2.16. The second-order valence-electron chi connectivity index (χ2n) is 6.28. The molecule has 2 saturated heterocycles. The van der Waals surface area contributed by atoms with Crippen LogP contribution in [-0.4, -0.2) is 87.0 Å². The van der Waals surface area contributed by atoms with Gasteiger partial charge in [-0.05, 0) is 0 Å². The molecule has 0 aromatic rings. The number of rotatable bonds is 8. The first-order valence-electron chi connectivity index (χ1n) is 8.38. The smallest absolute Gasteiger partial charge is 0.310 e. The van der Waals surface area contributed by atoms with Crippen LogP contribution >= 0.6 is 0 Å². The van der Waals surface area contributed by atoms with Crippen molar-refractivity contribution in [2.45, 2.75) is 12.8 Å². The van der Waals surface area contributed by atoms with Crippen LogP contribution in [0.3, 0.4) is 0 Å². The van der Waals surface area contributed by atoms with Gasteiger partial charge in [-0.25, -0.2) is 0 Å². The van der Waals surface area contributed by atoms with Gasteiger partial charge in [0.2, 0.25) is 11.8 Å². The number of methoxy groups -OCH3 is 2. The van der Waals surface area contributed by atoms with E-state index in [-0.39, 0.29) is 48.4 Å². The molecule has 2 amide bonds. The van der Waals surface area contributed by atoms with Crippen LogP contribution in [0.5, 0.6) is 0 Å². The number of amides is 2. The third-order valence-electron chi connectivity index (χ3n) is 4.62. The van der Waals surface area contributed by atoms with E-state index in [0.29, 0.717) is 39.3 Å². The van der Waals surface area contributed by atoms with Crippen LogP contribution in [0.4, 0.5) is 0 Å². The van der Waals surface area contributed by atoms with Gasteiger partial charge in [-0.1, -0.05) is 0 Å². The van der Waals surface area contributed by atoms with Gasteiger partial charge in [-0.15, -0.1) is 0 Å². The average molecular weight is 355 g/mol. The van der Waals surface area contributed by atoms with Gasteiger partial charge in [-0.3, -0.25) is 19.2 Å². The number of nitrogens with zero attached hydrogens (tertiary/aromatic N) is 2. The topological polar surface area (TPSA) is 105 Å². The van der Waals surface area contributed by atoms with Crippen molar-refractivity contribution >= 4 is 23.8 Å². The van der Waals surface area contributed by atoms with Gasteiger partial charge in [0, 0.05) is 52.1 Å². The van der Waals surface area contributed by atoms with E-state index in [0.717, 1.165) is 0 Å². The van der Waals surface area contributed by atoms with Crippen LogP contribution in [0.2, 0.25) is 0 Å². The van der Waals surface area contributed by atoms with Gasteiger partial charge in [0.15, 0.2) is 0 Å². The van der Waals surface area contributed by atoms with E-state index >= 15 is 0 Å². The fourth-order valence-electron chi connectivity index (χ4n) is 3.18. The second kappa shape index (κ2) is 8.80. The highest BCUT2D eigenvalue weighted by atomic mass is 16.5. The molecule has 0 aliphatic carbocycles. The van der Waals surface area contributed by atoms with E-state index in [9.17, 15) is 19.2 Å². The summed E-state index contributed by atoms with van der Waals surface area (Å²) >= 11 is 0. The van der Waals surface area contributed by atoms with Gasteiger partial charge in [0.05, 0.1) is 26.1 Å². The summed E-state index contributed by atoms with van der Waals surface area (Å²) in [4.78, 5) is 49.9. The molecule has 2 rings (SSSR count). The van der Waals surface area contributed by atoms with Crippen molar-refractivity contribution in [1.82, 2.24) is 15.1 Å². The Kier molecular flexibility index (Phi) is 6.74. The Labute approximate surface area is 146 Å². The van der Waals surface area contributed by atoms with E-state index in [2.05, 4.69) is 14.8 Å². The number of hydrogen-bond donors (Lipinski definition) is 1. The maximum atomic E-state index is 11.8. The molecule has 0 radical (unpaired) electrons. The van der Waals surface area contributed by atoms with E-state index in [1.165, 1.54) is 14.2 Å². The van der Waals surface area contributed by atoms with Gasteiger partial charge < -0.3 is 24.6 Å².